The summed E-state index contributed by atoms with van der Waals surface area (Å²) in [6, 6.07) is 7.80. The van der Waals surface area contributed by atoms with Crippen LogP contribution in [0.3, 0.4) is 0 Å². The van der Waals surface area contributed by atoms with Crippen molar-refractivity contribution < 1.29 is 4.79 Å². The maximum atomic E-state index is 11.3. The van der Waals surface area contributed by atoms with E-state index in [1.165, 1.54) is 5.56 Å². The largest absolute Gasteiger partial charge is 0.326 e. The van der Waals surface area contributed by atoms with E-state index in [1.807, 2.05) is 38.1 Å². The van der Waals surface area contributed by atoms with Crippen LogP contribution in [0.15, 0.2) is 18.2 Å². The summed E-state index contributed by atoms with van der Waals surface area (Å²) in [5, 5.41) is 11.1. The molecule has 0 unspecified atom stereocenters. The Kier molecular flexibility index (Phi) is 3.87. The maximum Gasteiger partial charge on any atom is 0.225 e. The van der Waals surface area contributed by atoms with Gasteiger partial charge in [-0.15, -0.1) is 0 Å². The minimum atomic E-state index is -0.108. The van der Waals surface area contributed by atoms with Crippen LogP contribution in [-0.4, -0.2) is 5.91 Å². The lowest BCUT2D eigenvalue weighted by Crippen LogP contribution is -2.11. The minimum absolute atomic E-state index is 0.108. The zero-order valence-corrected chi connectivity index (χ0v) is 9.00. The number of anilines is 1. The molecule has 1 amide bonds. The lowest BCUT2D eigenvalue weighted by atomic mass is 10.1. The Morgan fingerprint density at radius 3 is 2.80 bits per heavy atom. The first-order valence-corrected chi connectivity index (χ1v) is 4.87. The molecule has 1 aromatic rings. The second-order valence-electron chi connectivity index (χ2n) is 3.52. The van der Waals surface area contributed by atoms with E-state index in [4.69, 9.17) is 5.26 Å². The van der Waals surface area contributed by atoms with Crippen LogP contribution in [0.25, 0.3) is 0 Å². The van der Waals surface area contributed by atoms with Crippen LogP contribution in [0.2, 0.25) is 0 Å². The highest BCUT2D eigenvalue weighted by Gasteiger charge is 2.03. The SMILES string of the molecule is Cc1ccc(NC(=O)CCC#N)c(C)c1. The van der Waals surface area contributed by atoms with Gasteiger partial charge in [-0.3, -0.25) is 4.79 Å². The van der Waals surface area contributed by atoms with Crippen molar-refractivity contribution in [2.45, 2.75) is 26.7 Å². The number of benzene rings is 1. The highest BCUT2D eigenvalue weighted by atomic mass is 16.1. The van der Waals surface area contributed by atoms with Gasteiger partial charge in [-0.2, -0.15) is 5.26 Å². The number of nitriles is 1. The zero-order chi connectivity index (χ0) is 11.3. The molecule has 3 nitrogen and oxygen atoms in total. The van der Waals surface area contributed by atoms with E-state index in [2.05, 4.69) is 5.32 Å². The molecule has 1 aromatic carbocycles. The zero-order valence-electron chi connectivity index (χ0n) is 9.00. The highest BCUT2D eigenvalue weighted by molar-refractivity contribution is 5.91. The summed E-state index contributed by atoms with van der Waals surface area (Å²) in [6.07, 6.45) is 0.514. The van der Waals surface area contributed by atoms with Gasteiger partial charge in [0, 0.05) is 18.5 Å². The first-order chi connectivity index (χ1) is 7.13. The van der Waals surface area contributed by atoms with E-state index >= 15 is 0 Å². The molecule has 3 heteroatoms. The molecule has 0 saturated heterocycles. The summed E-state index contributed by atoms with van der Waals surface area (Å²) >= 11 is 0. The van der Waals surface area contributed by atoms with Crippen LogP contribution in [0.4, 0.5) is 5.69 Å². The normalized spacial score (nSPS) is 9.40. The van der Waals surface area contributed by atoms with E-state index in [0.717, 1.165) is 11.3 Å². The van der Waals surface area contributed by atoms with Gasteiger partial charge in [0.15, 0.2) is 0 Å². The third-order valence-corrected chi connectivity index (χ3v) is 2.12. The molecule has 0 atom stereocenters. The summed E-state index contributed by atoms with van der Waals surface area (Å²) in [6.45, 7) is 3.96. The predicted octanol–water partition coefficient (Wildman–Crippen LogP) is 2.55. The smallest absolute Gasteiger partial charge is 0.225 e. The number of carbonyl (C=O) groups is 1. The van der Waals surface area contributed by atoms with E-state index in [9.17, 15) is 4.79 Å². The number of rotatable bonds is 3. The van der Waals surface area contributed by atoms with Crippen molar-refractivity contribution in [3.8, 4) is 6.07 Å². The van der Waals surface area contributed by atoms with Crippen LogP contribution < -0.4 is 5.32 Å². The topological polar surface area (TPSA) is 52.9 Å². The lowest BCUT2D eigenvalue weighted by Gasteiger charge is -2.07. The second kappa shape index (κ2) is 5.16. The van der Waals surface area contributed by atoms with E-state index in [0.29, 0.717) is 0 Å². The molecule has 1 N–H and O–H groups in total. The van der Waals surface area contributed by atoms with Gasteiger partial charge in [-0.05, 0) is 25.5 Å². The van der Waals surface area contributed by atoms with Crippen LogP contribution in [0.5, 0.6) is 0 Å². The van der Waals surface area contributed by atoms with Gasteiger partial charge < -0.3 is 5.32 Å². The molecule has 0 aliphatic carbocycles. The van der Waals surface area contributed by atoms with Gasteiger partial charge in [0.25, 0.3) is 0 Å². The van der Waals surface area contributed by atoms with Crippen molar-refractivity contribution in [2.24, 2.45) is 0 Å². The van der Waals surface area contributed by atoms with Gasteiger partial charge in [0.1, 0.15) is 0 Å². The van der Waals surface area contributed by atoms with Crippen molar-refractivity contribution in [3.63, 3.8) is 0 Å². The van der Waals surface area contributed by atoms with Crippen LogP contribution in [-0.2, 0) is 4.79 Å². The van der Waals surface area contributed by atoms with Crippen LogP contribution in [0.1, 0.15) is 24.0 Å². The average Bonchev–Trinajstić information content (AvgIpc) is 2.19. The van der Waals surface area contributed by atoms with Crippen molar-refractivity contribution in [2.75, 3.05) is 5.32 Å². The minimum Gasteiger partial charge on any atom is -0.326 e. The number of amides is 1. The number of hydrogen-bond donors (Lipinski definition) is 1. The number of nitrogens with one attached hydrogen (secondary N) is 1. The fourth-order valence-corrected chi connectivity index (χ4v) is 1.34. The Bertz CT molecular complexity index is 405. The summed E-state index contributed by atoms with van der Waals surface area (Å²) in [5.74, 6) is -0.108. The van der Waals surface area contributed by atoms with E-state index < -0.39 is 0 Å². The summed E-state index contributed by atoms with van der Waals surface area (Å²) in [5.41, 5.74) is 3.03. The number of nitrogens with zero attached hydrogens (tertiary/aromatic N) is 1. The Hall–Kier alpha value is -1.82. The molecule has 0 radical (unpaired) electrons. The molecule has 0 spiro atoms. The van der Waals surface area contributed by atoms with Gasteiger partial charge >= 0.3 is 0 Å². The van der Waals surface area contributed by atoms with Crippen LogP contribution >= 0.6 is 0 Å². The molecule has 0 saturated carbocycles. The summed E-state index contributed by atoms with van der Waals surface area (Å²) < 4.78 is 0. The van der Waals surface area contributed by atoms with Crippen molar-refractivity contribution in [1.29, 1.82) is 5.26 Å². The molecular weight excluding hydrogens is 188 g/mol. The van der Waals surface area contributed by atoms with Gasteiger partial charge in [-0.1, -0.05) is 17.7 Å². The number of aryl methyl sites for hydroxylation is 2. The fraction of sp³-hybridized carbons (Fsp3) is 0.333. The molecule has 0 aromatic heterocycles. The fourth-order valence-electron chi connectivity index (χ4n) is 1.34. The Morgan fingerprint density at radius 2 is 2.20 bits per heavy atom. The first-order valence-electron chi connectivity index (χ1n) is 4.87. The number of hydrogen-bond acceptors (Lipinski definition) is 2. The quantitative estimate of drug-likeness (QED) is 0.818. The lowest BCUT2D eigenvalue weighted by molar-refractivity contribution is -0.116. The molecule has 1 rings (SSSR count). The first kappa shape index (κ1) is 11.3. The Balaban J connectivity index is 2.65. The predicted molar refractivity (Wildman–Crippen MR) is 59.4 cm³/mol. The van der Waals surface area contributed by atoms with Crippen molar-refractivity contribution >= 4 is 11.6 Å². The molecule has 0 bridgehead atoms. The molecular formula is C12H14N2O. The third-order valence-electron chi connectivity index (χ3n) is 2.12. The molecule has 0 heterocycles. The molecule has 0 fully saturated rings. The van der Waals surface area contributed by atoms with Crippen molar-refractivity contribution in [1.82, 2.24) is 0 Å². The van der Waals surface area contributed by atoms with Crippen LogP contribution in [0, 0.1) is 25.2 Å². The second-order valence-corrected chi connectivity index (χ2v) is 3.52. The Morgan fingerprint density at radius 1 is 1.47 bits per heavy atom. The van der Waals surface area contributed by atoms with E-state index in [-0.39, 0.29) is 18.7 Å². The standard InChI is InChI=1S/C12H14N2O/c1-9-5-6-11(10(2)8-9)14-12(15)4-3-7-13/h5-6,8H,3-4H2,1-2H3,(H,14,15). The molecule has 15 heavy (non-hydrogen) atoms. The third kappa shape index (κ3) is 3.43. The maximum absolute atomic E-state index is 11.3. The highest BCUT2D eigenvalue weighted by Crippen LogP contribution is 2.16. The Labute approximate surface area is 89.7 Å². The van der Waals surface area contributed by atoms with Crippen molar-refractivity contribution in [3.05, 3.63) is 29.3 Å². The van der Waals surface area contributed by atoms with E-state index in [1.54, 1.807) is 0 Å². The summed E-state index contributed by atoms with van der Waals surface area (Å²) in [4.78, 5) is 11.3. The molecule has 0 aliphatic heterocycles. The number of carbonyl (C=O) groups excluding carboxylic acids is 1. The molecule has 0 aliphatic rings. The van der Waals surface area contributed by atoms with Gasteiger partial charge in [-0.25, -0.2) is 0 Å². The monoisotopic (exact) mass is 202 g/mol. The molecule has 78 valence electrons. The van der Waals surface area contributed by atoms with Gasteiger partial charge in [0.2, 0.25) is 5.91 Å². The summed E-state index contributed by atoms with van der Waals surface area (Å²) in [7, 11) is 0. The van der Waals surface area contributed by atoms with Gasteiger partial charge in [0.05, 0.1) is 6.07 Å². The average molecular weight is 202 g/mol.